The number of non-ortho nitro benzene ring substituents is 1. The maximum Gasteiger partial charge on any atom is 0.270 e. The van der Waals surface area contributed by atoms with E-state index in [4.69, 9.17) is 4.74 Å². The fourth-order valence-corrected chi connectivity index (χ4v) is 1.96. The molecule has 2 aromatic rings. The molecular formula is C13H11BrN2O3. The largest absolute Gasteiger partial charge is 0.455 e. The van der Waals surface area contributed by atoms with Crippen LogP contribution in [0.2, 0.25) is 0 Å². The number of rotatable bonds is 4. The number of hydrogen-bond donors (Lipinski definition) is 0. The summed E-state index contributed by atoms with van der Waals surface area (Å²) in [5, 5.41) is 11.2. The van der Waals surface area contributed by atoms with Crippen molar-refractivity contribution in [1.29, 1.82) is 0 Å². The topological polar surface area (TPSA) is 65.3 Å². The predicted molar refractivity (Wildman–Crippen MR) is 74.8 cm³/mol. The number of nitro groups is 1. The van der Waals surface area contributed by atoms with Crippen molar-refractivity contribution >= 4 is 21.6 Å². The highest BCUT2D eigenvalue weighted by molar-refractivity contribution is 9.08. The third-order valence-electron chi connectivity index (χ3n) is 2.51. The average molecular weight is 323 g/mol. The van der Waals surface area contributed by atoms with Crippen molar-refractivity contribution in [2.24, 2.45) is 0 Å². The molecule has 0 bridgehead atoms. The standard InChI is InChI=1S/C13H11BrN2O3/c1-9-2-4-12(8-15-9)19-13-5-3-11(16(17)18)6-10(13)7-14/h2-6,8H,7H2,1H3. The fraction of sp³-hybridized carbons (Fsp3) is 0.154. The van der Waals surface area contributed by atoms with Crippen molar-refractivity contribution in [2.45, 2.75) is 12.3 Å². The van der Waals surface area contributed by atoms with Gasteiger partial charge in [-0.05, 0) is 25.1 Å². The highest BCUT2D eigenvalue weighted by atomic mass is 79.9. The molecule has 0 spiro atoms. The van der Waals surface area contributed by atoms with Gasteiger partial charge in [0.25, 0.3) is 5.69 Å². The summed E-state index contributed by atoms with van der Waals surface area (Å²) in [5.41, 5.74) is 1.66. The molecule has 1 aromatic heterocycles. The van der Waals surface area contributed by atoms with Crippen molar-refractivity contribution in [3.05, 3.63) is 57.9 Å². The Bertz CT molecular complexity index is 599. The number of pyridine rings is 1. The summed E-state index contributed by atoms with van der Waals surface area (Å²) >= 11 is 3.30. The second-order valence-corrected chi connectivity index (χ2v) is 4.48. The third-order valence-corrected chi connectivity index (χ3v) is 3.12. The van der Waals surface area contributed by atoms with Gasteiger partial charge in [0.05, 0.1) is 11.1 Å². The fourth-order valence-electron chi connectivity index (χ4n) is 1.52. The van der Waals surface area contributed by atoms with Crippen LogP contribution in [0.3, 0.4) is 0 Å². The van der Waals surface area contributed by atoms with E-state index in [2.05, 4.69) is 20.9 Å². The Morgan fingerprint density at radius 2 is 2.16 bits per heavy atom. The number of aromatic nitrogens is 1. The van der Waals surface area contributed by atoms with E-state index in [0.29, 0.717) is 16.8 Å². The molecule has 0 aliphatic heterocycles. The van der Waals surface area contributed by atoms with Crippen LogP contribution in [0.5, 0.6) is 11.5 Å². The highest BCUT2D eigenvalue weighted by Crippen LogP contribution is 2.29. The lowest BCUT2D eigenvalue weighted by molar-refractivity contribution is -0.384. The molecule has 0 radical (unpaired) electrons. The highest BCUT2D eigenvalue weighted by Gasteiger charge is 2.11. The Kier molecular flexibility index (Phi) is 4.11. The number of hydrogen-bond acceptors (Lipinski definition) is 4. The number of aryl methyl sites for hydroxylation is 1. The molecule has 1 heterocycles. The first-order valence-corrected chi connectivity index (χ1v) is 6.66. The molecule has 0 fully saturated rings. The van der Waals surface area contributed by atoms with Gasteiger partial charge in [-0.2, -0.15) is 0 Å². The Hall–Kier alpha value is -1.95. The molecule has 0 unspecified atom stereocenters. The van der Waals surface area contributed by atoms with Gasteiger partial charge in [-0.1, -0.05) is 15.9 Å². The maximum atomic E-state index is 10.7. The summed E-state index contributed by atoms with van der Waals surface area (Å²) in [4.78, 5) is 14.4. The van der Waals surface area contributed by atoms with E-state index in [9.17, 15) is 10.1 Å². The van der Waals surface area contributed by atoms with Crippen LogP contribution in [0, 0.1) is 17.0 Å². The number of halogens is 1. The summed E-state index contributed by atoms with van der Waals surface area (Å²) in [7, 11) is 0. The Labute approximate surface area is 118 Å². The van der Waals surface area contributed by atoms with Gasteiger partial charge >= 0.3 is 0 Å². The quantitative estimate of drug-likeness (QED) is 0.485. The van der Waals surface area contributed by atoms with E-state index in [1.165, 1.54) is 12.1 Å². The van der Waals surface area contributed by atoms with Gasteiger partial charge in [0.15, 0.2) is 0 Å². The van der Waals surface area contributed by atoms with Gasteiger partial charge in [0, 0.05) is 28.7 Å². The van der Waals surface area contributed by atoms with Crippen LogP contribution in [0.1, 0.15) is 11.3 Å². The van der Waals surface area contributed by atoms with Crippen molar-refractivity contribution in [2.75, 3.05) is 0 Å². The monoisotopic (exact) mass is 322 g/mol. The Balaban J connectivity index is 2.29. The van der Waals surface area contributed by atoms with E-state index in [-0.39, 0.29) is 5.69 Å². The summed E-state index contributed by atoms with van der Waals surface area (Å²) in [6.45, 7) is 1.89. The number of benzene rings is 1. The van der Waals surface area contributed by atoms with E-state index in [1.54, 1.807) is 12.3 Å². The molecule has 0 aliphatic carbocycles. The second-order valence-electron chi connectivity index (χ2n) is 3.92. The van der Waals surface area contributed by atoms with Crippen LogP contribution < -0.4 is 4.74 Å². The number of ether oxygens (including phenoxy) is 1. The van der Waals surface area contributed by atoms with Gasteiger partial charge in [-0.3, -0.25) is 15.1 Å². The normalized spacial score (nSPS) is 10.2. The second kappa shape index (κ2) is 5.79. The third kappa shape index (κ3) is 3.29. The lowest BCUT2D eigenvalue weighted by atomic mass is 10.2. The number of nitro benzene ring substituents is 1. The van der Waals surface area contributed by atoms with Crippen LogP contribution >= 0.6 is 15.9 Å². The van der Waals surface area contributed by atoms with Gasteiger partial charge in [0.2, 0.25) is 0 Å². The molecular weight excluding hydrogens is 312 g/mol. The predicted octanol–water partition coefficient (Wildman–Crippen LogP) is 3.99. The lowest BCUT2D eigenvalue weighted by Gasteiger charge is -2.09. The molecule has 1 aromatic carbocycles. The average Bonchev–Trinajstić information content (AvgIpc) is 2.41. The zero-order valence-corrected chi connectivity index (χ0v) is 11.8. The Morgan fingerprint density at radius 3 is 2.74 bits per heavy atom. The first kappa shape index (κ1) is 13.5. The van der Waals surface area contributed by atoms with Crippen molar-refractivity contribution in [3.8, 4) is 11.5 Å². The van der Waals surface area contributed by atoms with Crippen LogP contribution in [0.4, 0.5) is 5.69 Å². The molecule has 0 aliphatic rings. The molecule has 0 amide bonds. The molecule has 5 nitrogen and oxygen atoms in total. The molecule has 19 heavy (non-hydrogen) atoms. The first-order valence-electron chi connectivity index (χ1n) is 5.54. The van der Waals surface area contributed by atoms with Gasteiger partial charge < -0.3 is 4.74 Å². The molecule has 0 saturated heterocycles. The maximum absolute atomic E-state index is 10.7. The Morgan fingerprint density at radius 1 is 1.37 bits per heavy atom. The van der Waals surface area contributed by atoms with Crippen molar-refractivity contribution in [3.63, 3.8) is 0 Å². The summed E-state index contributed by atoms with van der Waals surface area (Å²) in [6, 6.07) is 8.15. The summed E-state index contributed by atoms with van der Waals surface area (Å²) in [5.74, 6) is 1.18. The van der Waals surface area contributed by atoms with Crippen LogP contribution in [-0.2, 0) is 5.33 Å². The minimum atomic E-state index is -0.427. The molecule has 0 N–H and O–H groups in total. The molecule has 6 heteroatoms. The zero-order valence-electron chi connectivity index (χ0n) is 10.2. The zero-order chi connectivity index (χ0) is 13.8. The van der Waals surface area contributed by atoms with E-state index < -0.39 is 4.92 Å². The SMILES string of the molecule is Cc1ccc(Oc2ccc([N+](=O)[O-])cc2CBr)cn1. The molecule has 98 valence electrons. The number of nitrogens with zero attached hydrogens (tertiary/aromatic N) is 2. The minimum Gasteiger partial charge on any atom is -0.455 e. The lowest BCUT2D eigenvalue weighted by Crippen LogP contribution is -1.94. The molecule has 0 saturated carbocycles. The first-order chi connectivity index (χ1) is 9.10. The van der Waals surface area contributed by atoms with Crippen molar-refractivity contribution < 1.29 is 9.66 Å². The van der Waals surface area contributed by atoms with E-state index >= 15 is 0 Å². The summed E-state index contributed by atoms with van der Waals surface area (Å²) in [6.07, 6.45) is 1.62. The minimum absolute atomic E-state index is 0.0452. The molecule has 2 rings (SSSR count). The smallest absolute Gasteiger partial charge is 0.270 e. The van der Waals surface area contributed by atoms with Gasteiger partial charge in [0.1, 0.15) is 11.5 Å². The van der Waals surface area contributed by atoms with Crippen LogP contribution in [0.25, 0.3) is 0 Å². The molecule has 0 atom stereocenters. The van der Waals surface area contributed by atoms with E-state index in [1.807, 2.05) is 19.1 Å². The van der Waals surface area contributed by atoms with E-state index in [0.717, 1.165) is 11.3 Å². The van der Waals surface area contributed by atoms with Crippen LogP contribution in [-0.4, -0.2) is 9.91 Å². The summed E-state index contributed by atoms with van der Waals surface area (Å²) < 4.78 is 5.68. The van der Waals surface area contributed by atoms with Crippen LogP contribution in [0.15, 0.2) is 36.5 Å². The van der Waals surface area contributed by atoms with Gasteiger partial charge in [-0.15, -0.1) is 0 Å². The van der Waals surface area contributed by atoms with Gasteiger partial charge in [-0.25, -0.2) is 0 Å². The number of alkyl halides is 1. The van der Waals surface area contributed by atoms with Crippen molar-refractivity contribution in [1.82, 2.24) is 4.98 Å².